The van der Waals surface area contributed by atoms with Crippen LogP contribution in [-0.2, 0) is 0 Å². The maximum absolute atomic E-state index is 13.2. The van der Waals surface area contributed by atoms with Gasteiger partial charge in [-0.2, -0.15) is 0 Å². The number of hydrogen-bond acceptors (Lipinski definition) is 0. The second-order valence-corrected chi connectivity index (χ2v) is 3.41. The Morgan fingerprint density at radius 1 is 0.812 bits per heavy atom. The lowest BCUT2D eigenvalue weighted by Crippen LogP contribution is -1.80. The van der Waals surface area contributed by atoms with Crippen LogP contribution >= 0.6 is 0 Å². The van der Waals surface area contributed by atoms with Crippen LogP contribution in [0, 0.1) is 11.6 Å². The van der Waals surface area contributed by atoms with Crippen LogP contribution in [0.15, 0.2) is 48.5 Å². The molecule has 0 aliphatic rings. The molecule has 2 rings (SSSR count). The van der Waals surface area contributed by atoms with Gasteiger partial charge in [-0.15, -0.1) is 0 Å². The minimum absolute atomic E-state index is 0.282. The van der Waals surface area contributed by atoms with Crippen LogP contribution in [0.2, 0.25) is 0 Å². The van der Waals surface area contributed by atoms with Crippen molar-refractivity contribution >= 4 is 12.2 Å². The predicted octanol–water partition coefficient (Wildman–Crippen LogP) is 4.14. The summed E-state index contributed by atoms with van der Waals surface area (Å²) in [4.78, 5) is 0. The molecule has 0 fully saturated rings. The predicted molar refractivity (Wildman–Crippen MR) is 61.7 cm³/mol. The molecule has 0 N–H and O–H groups in total. The van der Waals surface area contributed by atoms with Crippen LogP contribution in [0.25, 0.3) is 12.2 Å². The molecule has 2 aromatic rings. The Kier molecular flexibility index (Phi) is 3.10. The number of benzene rings is 2. The van der Waals surface area contributed by atoms with E-state index in [1.807, 2.05) is 0 Å². The fourth-order valence-corrected chi connectivity index (χ4v) is 1.41. The van der Waals surface area contributed by atoms with E-state index in [-0.39, 0.29) is 11.6 Å². The first-order chi connectivity index (χ1) is 7.75. The third-order valence-corrected chi connectivity index (χ3v) is 2.21. The Morgan fingerprint density at radius 3 is 2.38 bits per heavy atom. The average molecular weight is 216 g/mol. The van der Waals surface area contributed by atoms with E-state index in [2.05, 4.69) is 0 Å². The highest BCUT2D eigenvalue weighted by molar-refractivity contribution is 5.69. The van der Waals surface area contributed by atoms with Crippen molar-refractivity contribution in [2.45, 2.75) is 0 Å². The molecule has 0 aliphatic heterocycles. The fraction of sp³-hybridized carbons (Fsp3) is 0. The lowest BCUT2D eigenvalue weighted by molar-refractivity contribution is 0.625. The minimum atomic E-state index is -0.296. The normalized spacial score (nSPS) is 10.9. The van der Waals surface area contributed by atoms with Gasteiger partial charge in [-0.3, -0.25) is 0 Å². The highest BCUT2D eigenvalue weighted by Crippen LogP contribution is 2.12. The first kappa shape index (κ1) is 10.6. The summed E-state index contributed by atoms with van der Waals surface area (Å²) in [7, 11) is 0. The van der Waals surface area contributed by atoms with Gasteiger partial charge in [0.25, 0.3) is 0 Å². The van der Waals surface area contributed by atoms with Gasteiger partial charge in [-0.1, -0.05) is 42.5 Å². The van der Waals surface area contributed by atoms with Gasteiger partial charge in [0, 0.05) is 5.56 Å². The van der Waals surface area contributed by atoms with E-state index in [4.69, 9.17) is 0 Å². The summed E-state index contributed by atoms with van der Waals surface area (Å²) in [5.74, 6) is -0.578. The van der Waals surface area contributed by atoms with Gasteiger partial charge in [-0.05, 0) is 23.8 Å². The zero-order valence-electron chi connectivity index (χ0n) is 8.53. The Morgan fingerprint density at radius 2 is 1.62 bits per heavy atom. The molecule has 0 heterocycles. The van der Waals surface area contributed by atoms with Gasteiger partial charge < -0.3 is 0 Å². The second kappa shape index (κ2) is 4.71. The summed E-state index contributed by atoms with van der Waals surface area (Å²) in [6.45, 7) is 0. The molecule has 2 aromatic carbocycles. The van der Waals surface area contributed by atoms with Crippen LogP contribution in [0.1, 0.15) is 11.1 Å². The first-order valence-electron chi connectivity index (χ1n) is 4.94. The van der Waals surface area contributed by atoms with Crippen LogP contribution in [0.5, 0.6) is 0 Å². The third kappa shape index (κ3) is 2.54. The molecular formula is C14H10F2. The summed E-state index contributed by atoms with van der Waals surface area (Å²) in [6, 6.07) is 12.6. The highest BCUT2D eigenvalue weighted by Gasteiger charge is 1.95. The molecule has 0 atom stereocenters. The number of hydrogen-bond donors (Lipinski definition) is 0. The van der Waals surface area contributed by atoms with E-state index in [9.17, 15) is 8.78 Å². The Hall–Kier alpha value is -1.96. The van der Waals surface area contributed by atoms with E-state index in [1.54, 1.807) is 42.5 Å². The molecule has 0 aromatic heterocycles. The minimum Gasteiger partial charge on any atom is -0.207 e. The zero-order valence-corrected chi connectivity index (χ0v) is 8.53. The Balaban J connectivity index is 2.25. The first-order valence-corrected chi connectivity index (χ1v) is 4.94. The molecule has 0 radical (unpaired) electrons. The van der Waals surface area contributed by atoms with Crippen molar-refractivity contribution in [1.29, 1.82) is 0 Å². The summed E-state index contributed by atoms with van der Waals surface area (Å²) < 4.78 is 26.1. The van der Waals surface area contributed by atoms with E-state index in [0.717, 1.165) is 0 Å². The molecule has 0 amide bonds. The van der Waals surface area contributed by atoms with E-state index >= 15 is 0 Å². The molecule has 0 nitrogen and oxygen atoms in total. The van der Waals surface area contributed by atoms with Crippen molar-refractivity contribution in [2.24, 2.45) is 0 Å². The van der Waals surface area contributed by atoms with Gasteiger partial charge in [-0.25, -0.2) is 8.78 Å². The van der Waals surface area contributed by atoms with Crippen molar-refractivity contribution < 1.29 is 8.78 Å². The molecule has 0 saturated heterocycles. The fourth-order valence-electron chi connectivity index (χ4n) is 1.41. The summed E-state index contributed by atoms with van der Waals surface area (Å²) in [5.41, 5.74) is 1.20. The van der Waals surface area contributed by atoms with Gasteiger partial charge in [0.15, 0.2) is 0 Å². The van der Waals surface area contributed by atoms with Crippen molar-refractivity contribution in [3.05, 3.63) is 71.3 Å². The Bertz CT molecular complexity index is 516. The monoisotopic (exact) mass is 216 g/mol. The third-order valence-electron chi connectivity index (χ3n) is 2.21. The lowest BCUT2D eigenvalue weighted by atomic mass is 10.1. The summed E-state index contributed by atoms with van der Waals surface area (Å²) >= 11 is 0. The topological polar surface area (TPSA) is 0 Å². The van der Waals surface area contributed by atoms with Crippen LogP contribution in [0.4, 0.5) is 8.78 Å². The standard InChI is InChI=1S/C14H10F2/c15-13-6-3-4-11(10-13)8-9-12-5-1-2-7-14(12)16/h1-10H. The molecular weight excluding hydrogens is 206 g/mol. The largest absolute Gasteiger partial charge is 0.207 e. The maximum Gasteiger partial charge on any atom is 0.130 e. The quantitative estimate of drug-likeness (QED) is 0.662. The zero-order chi connectivity index (χ0) is 11.4. The molecule has 0 spiro atoms. The van der Waals surface area contributed by atoms with Gasteiger partial charge in [0.05, 0.1) is 0 Å². The van der Waals surface area contributed by atoms with Crippen molar-refractivity contribution in [3.8, 4) is 0 Å². The average Bonchev–Trinajstić information content (AvgIpc) is 2.28. The van der Waals surface area contributed by atoms with E-state index in [1.165, 1.54) is 18.2 Å². The molecule has 0 bridgehead atoms. The highest BCUT2D eigenvalue weighted by atomic mass is 19.1. The van der Waals surface area contributed by atoms with Crippen LogP contribution in [0.3, 0.4) is 0 Å². The lowest BCUT2D eigenvalue weighted by Gasteiger charge is -1.96. The van der Waals surface area contributed by atoms with Crippen molar-refractivity contribution in [2.75, 3.05) is 0 Å². The van der Waals surface area contributed by atoms with E-state index < -0.39 is 0 Å². The summed E-state index contributed by atoms with van der Waals surface area (Å²) in [5, 5.41) is 0. The SMILES string of the molecule is Fc1cccc(C=Cc2ccccc2F)c1. The molecule has 16 heavy (non-hydrogen) atoms. The van der Waals surface area contributed by atoms with Crippen LogP contribution < -0.4 is 0 Å². The molecule has 0 unspecified atom stereocenters. The second-order valence-electron chi connectivity index (χ2n) is 3.41. The van der Waals surface area contributed by atoms with Crippen LogP contribution in [-0.4, -0.2) is 0 Å². The maximum atomic E-state index is 13.2. The smallest absolute Gasteiger partial charge is 0.130 e. The molecule has 80 valence electrons. The van der Waals surface area contributed by atoms with Gasteiger partial charge in [0.1, 0.15) is 11.6 Å². The van der Waals surface area contributed by atoms with Crippen molar-refractivity contribution in [3.63, 3.8) is 0 Å². The Labute approximate surface area is 92.9 Å². The molecule has 0 aliphatic carbocycles. The van der Waals surface area contributed by atoms with E-state index in [0.29, 0.717) is 11.1 Å². The molecule has 2 heteroatoms. The summed E-state index contributed by atoms with van der Waals surface area (Å²) in [6.07, 6.45) is 3.31. The van der Waals surface area contributed by atoms with Gasteiger partial charge >= 0.3 is 0 Å². The van der Waals surface area contributed by atoms with Gasteiger partial charge in [0.2, 0.25) is 0 Å². The number of rotatable bonds is 2. The number of halogens is 2. The van der Waals surface area contributed by atoms with Crippen molar-refractivity contribution in [1.82, 2.24) is 0 Å². The molecule has 0 saturated carbocycles.